The minimum Gasteiger partial charge on any atom is -0.349 e. The topological polar surface area (TPSA) is 91.4 Å². The molecule has 0 atom stereocenters. The standard InChI is InChI=1S/C21H26N4O3S/c1-2-11-23-29(27,28)20-8-5-6-17(15-20)21(26)24-18-9-13-25(14-10-18)16-19-7-3-4-12-22-19/h2-8,12,15,18,23H,1,9-11,13-14,16H2,(H,24,26). The van der Waals surface area contributed by atoms with E-state index in [2.05, 4.69) is 26.5 Å². The van der Waals surface area contributed by atoms with Crippen LogP contribution in [0.4, 0.5) is 0 Å². The first-order chi connectivity index (χ1) is 14.0. The molecule has 0 spiro atoms. The maximum Gasteiger partial charge on any atom is 0.251 e. The Morgan fingerprint density at radius 1 is 1.21 bits per heavy atom. The predicted octanol–water partition coefficient (Wildman–Crippen LogP) is 1.94. The van der Waals surface area contributed by atoms with Crippen LogP contribution < -0.4 is 10.0 Å². The van der Waals surface area contributed by atoms with Gasteiger partial charge in [-0.15, -0.1) is 6.58 Å². The number of hydrogen-bond donors (Lipinski definition) is 2. The van der Waals surface area contributed by atoms with E-state index in [0.29, 0.717) is 5.56 Å². The van der Waals surface area contributed by atoms with Crippen molar-refractivity contribution in [3.8, 4) is 0 Å². The van der Waals surface area contributed by atoms with Crippen molar-refractivity contribution in [3.05, 3.63) is 72.6 Å². The monoisotopic (exact) mass is 414 g/mol. The van der Waals surface area contributed by atoms with Crippen LogP contribution in [0.5, 0.6) is 0 Å². The molecule has 154 valence electrons. The number of hydrogen-bond acceptors (Lipinski definition) is 5. The molecule has 29 heavy (non-hydrogen) atoms. The average molecular weight is 415 g/mol. The molecule has 7 nitrogen and oxygen atoms in total. The Kier molecular flexibility index (Phi) is 7.13. The lowest BCUT2D eigenvalue weighted by Gasteiger charge is -2.32. The second-order valence-electron chi connectivity index (χ2n) is 7.01. The van der Waals surface area contributed by atoms with Crippen LogP contribution in [0, 0.1) is 0 Å². The highest BCUT2D eigenvalue weighted by Crippen LogP contribution is 2.15. The second kappa shape index (κ2) is 9.78. The zero-order valence-corrected chi connectivity index (χ0v) is 17.1. The van der Waals surface area contributed by atoms with E-state index >= 15 is 0 Å². The lowest BCUT2D eigenvalue weighted by Crippen LogP contribution is -2.44. The van der Waals surface area contributed by atoms with E-state index in [0.717, 1.165) is 38.2 Å². The summed E-state index contributed by atoms with van der Waals surface area (Å²) in [5.74, 6) is -0.256. The van der Waals surface area contributed by atoms with E-state index in [1.54, 1.807) is 18.3 Å². The summed E-state index contributed by atoms with van der Waals surface area (Å²) in [7, 11) is -3.66. The average Bonchev–Trinajstić information content (AvgIpc) is 2.74. The number of sulfonamides is 1. The molecule has 1 aromatic heterocycles. The van der Waals surface area contributed by atoms with Crippen molar-refractivity contribution in [3.63, 3.8) is 0 Å². The molecule has 0 unspecified atom stereocenters. The zero-order valence-electron chi connectivity index (χ0n) is 16.3. The van der Waals surface area contributed by atoms with Crippen LogP contribution in [0.15, 0.2) is 66.2 Å². The second-order valence-corrected chi connectivity index (χ2v) is 8.78. The van der Waals surface area contributed by atoms with Gasteiger partial charge in [0.25, 0.3) is 5.91 Å². The molecule has 2 aromatic rings. The number of nitrogens with one attached hydrogen (secondary N) is 2. The van der Waals surface area contributed by atoms with Gasteiger partial charge in [-0.1, -0.05) is 18.2 Å². The van der Waals surface area contributed by atoms with Crippen LogP contribution in [-0.4, -0.2) is 49.9 Å². The van der Waals surface area contributed by atoms with E-state index in [9.17, 15) is 13.2 Å². The predicted molar refractivity (Wildman–Crippen MR) is 112 cm³/mol. The van der Waals surface area contributed by atoms with Gasteiger partial charge in [-0.2, -0.15) is 0 Å². The Morgan fingerprint density at radius 3 is 2.69 bits per heavy atom. The first-order valence-electron chi connectivity index (χ1n) is 9.62. The maximum absolute atomic E-state index is 12.6. The Hall–Kier alpha value is -2.55. The number of benzene rings is 1. The highest BCUT2D eigenvalue weighted by atomic mass is 32.2. The van der Waals surface area contributed by atoms with Crippen molar-refractivity contribution >= 4 is 15.9 Å². The van der Waals surface area contributed by atoms with Gasteiger partial charge in [0.2, 0.25) is 10.0 Å². The summed E-state index contributed by atoms with van der Waals surface area (Å²) in [5.41, 5.74) is 1.38. The van der Waals surface area contributed by atoms with Crippen molar-refractivity contribution in [1.82, 2.24) is 19.9 Å². The lowest BCUT2D eigenvalue weighted by molar-refractivity contribution is 0.0908. The van der Waals surface area contributed by atoms with Gasteiger partial charge >= 0.3 is 0 Å². The zero-order chi connectivity index (χ0) is 20.7. The van der Waals surface area contributed by atoms with E-state index in [1.807, 2.05) is 18.2 Å². The number of piperidine rings is 1. The van der Waals surface area contributed by atoms with Gasteiger partial charge in [-0.05, 0) is 43.2 Å². The number of nitrogens with zero attached hydrogens (tertiary/aromatic N) is 2. The molecule has 0 aliphatic carbocycles. The molecular weight excluding hydrogens is 388 g/mol. The lowest BCUT2D eigenvalue weighted by atomic mass is 10.0. The Balaban J connectivity index is 1.55. The Labute approximate surface area is 171 Å². The SMILES string of the molecule is C=CCNS(=O)(=O)c1cccc(C(=O)NC2CCN(Cc3ccccn3)CC2)c1. The first kappa shape index (κ1) is 21.2. The molecule has 8 heteroatoms. The van der Waals surface area contributed by atoms with Gasteiger partial charge in [-0.3, -0.25) is 14.7 Å². The molecule has 2 heterocycles. The third kappa shape index (κ3) is 5.96. The highest BCUT2D eigenvalue weighted by Gasteiger charge is 2.22. The third-order valence-electron chi connectivity index (χ3n) is 4.86. The third-order valence-corrected chi connectivity index (χ3v) is 6.28. The highest BCUT2D eigenvalue weighted by molar-refractivity contribution is 7.89. The van der Waals surface area contributed by atoms with E-state index in [4.69, 9.17) is 0 Å². The largest absolute Gasteiger partial charge is 0.349 e. The maximum atomic E-state index is 12.6. The molecule has 1 aromatic carbocycles. The number of aromatic nitrogens is 1. The fourth-order valence-electron chi connectivity index (χ4n) is 3.28. The van der Waals surface area contributed by atoms with E-state index in [1.165, 1.54) is 18.2 Å². The minimum atomic E-state index is -3.66. The van der Waals surface area contributed by atoms with Crippen molar-refractivity contribution in [2.75, 3.05) is 19.6 Å². The fraction of sp³-hybridized carbons (Fsp3) is 0.333. The smallest absolute Gasteiger partial charge is 0.251 e. The first-order valence-corrected chi connectivity index (χ1v) is 11.1. The van der Waals surface area contributed by atoms with Gasteiger partial charge in [0.05, 0.1) is 10.6 Å². The van der Waals surface area contributed by atoms with Crippen molar-refractivity contribution in [2.45, 2.75) is 30.3 Å². The summed E-state index contributed by atoms with van der Waals surface area (Å²) < 4.78 is 26.9. The summed E-state index contributed by atoms with van der Waals surface area (Å²) in [4.78, 5) is 19.4. The van der Waals surface area contributed by atoms with Gasteiger partial charge < -0.3 is 5.32 Å². The van der Waals surface area contributed by atoms with Crippen LogP contribution in [0.1, 0.15) is 28.9 Å². The van der Waals surface area contributed by atoms with Crippen LogP contribution in [0.25, 0.3) is 0 Å². The van der Waals surface area contributed by atoms with E-state index < -0.39 is 10.0 Å². The molecule has 1 aliphatic rings. The molecule has 2 N–H and O–H groups in total. The van der Waals surface area contributed by atoms with Crippen LogP contribution >= 0.6 is 0 Å². The normalized spacial score (nSPS) is 15.7. The quantitative estimate of drug-likeness (QED) is 0.644. The number of rotatable bonds is 8. The number of carbonyl (C=O) groups is 1. The summed E-state index contributed by atoms with van der Waals surface area (Å²) in [6.45, 7) is 6.19. The van der Waals surface area contributed by atoms with Crippen molar-refractivity contribution < 1.29 is 13.2 Å². The summed E-state index contributed by atoms with van der Waals surface area (Å²) in [6.07, 6.45) is 4.95. The summed E-state index contributed by atoms with van der Waals surface area (Å²) in [5, 5.41) is 3.03. The van der Waals surface area contributed by atoms with Gasteiger partial charge in [-0.25, -0.2) is 13.1 Å². The van der Waals surface area contributed by atoms with Gasteiger partial charge in [0.15, 0.2) is 0 Å². The van der Waals surface area contributed by atoms with Crippen LogP contribution in [0.2, 0.25) is 0 Å². The molecule has 0 bridgehead atoms. The molecule has 1 amide bonds. The van der Waals surface area contributed by atoms with Crippen LogP contribution in [0.3, 0.4) is 0 Å². The number of carbonyl (C=O) groups excluding carboxylic acids is 1. The molecule has 0 radical (unpaired) electrons. The summed E-state index contributed by atoms with van der Waals surface area (Å²) >= 11 is 0. The number of pyridine rings is 1. The van der Waals surface area contributed by atoms with Crippen LogP contribution in [-0.2, 0) is 16.6 Å². The summed E-state index contributed by atoms with van der Waals surface area (Å²) in [6, 6.07) is 12.0. The molecule has 1 aliphatic heterocycles. The van der Waals surface area contributed by atoms with Crippen molar-refractivity contribution in [2.24, 2.45) is 0 Å². The minimum absolute atomic E-state index is 0.0668. The molecule has 3 rings (SSSR count). The number of amides is 1. The van der Waals surface area contributed by atoms with E-state index in [-0.39, 0.29) is 23.4 Å². The molecule has 1 fully saturated rings. The molecule has 0 saturated carbocycles. The van der Waals surface area contributed by atoms with Gasteiger partial charge in [0.1, 0.15) is 0 Å². The Morgan fingerprint density at radius 2 is 2.00 bits per heavy atom. The van der Waals surface area contributed by atoms with Gasteiger partial charge in [0, 0.05) is 44.0 Å². The molecule has 1 saturated heterocycles. The Bertz CT molecular complexity index is 939. The molecular formula is C21H26N4O3S. The van der Waals surface area contributed by atoms with Crippen molar-refractivity contribution in [1.29, 1.82) is 0 Å². The number of likely N-dealkylation sites (tertiary alicyclic amines) is 1. The fourth-order valence-corrected chi connectivity index (χ4v) is 4.33.